The highest BCUT2D eigenvalue weighted by Gasteiger charge is 2.37. The van der Waals surface area contributed by atoms with E-state index in [1.54, 1.807) is 0 Å². The van der Waals surface area contributed by atoms with Crippen LogP contribution in [-0.4, -0.2) is 35.1 Å². The molecule has 0 saturated heterocycles. The van der Waals surface area contributed by atoms with E-state index in [1.165, 1.54) is 0 Å². The van der Waals surface area contributed by atoms with E-state index in [1.807, 2.05) is 0 Å². The summed E-state index contributed by atoms with van der Waals surface area (Å²) in [6.07, 6.45) is 3.92. The zero-order valence-corrected chi connectivity index (χ0v) is 10.0. The van der Waals surface area contributed by atoms with E-state index in [0.29, 0.717) is 12.8 Å². The molecule has 0 aromatic carbocycles. The fraction of sp³-hybridized carbons (Fsp3) is 0.917. The summed E-state index contributed by atoms with van der Waals surface area (Å²) in [6, 6.07) is 2.09. The lowest BCUT2D eigenvalue weighted by Crippen LogP contribution is -2.38. The number of hydrogen-bond donors (Lipinski definition) is 3. The monoisotopic (exact) mass is 229 g/mol. The number of hydrogen-bond acceptors (Lipinski definition) is 4. The zero-order valence-electron chi connectivity index (χ0n) is 10.0. The number of nitriles is 1. The second-order valence-electron chi connectivity index (χ2n) is 4.33. The Labute approximate surface area is 97.5 Å². The van der Waals surface area contributed by atoms with Crippen LogP contribution in [0.1, 0.15) is 39.0 Å². The van der Waals surface area contributed by atoms with Crippen LogP contribution in [0.5, 0.6) is 0 Å². The molecule has 0 radical (unpaired) electrons. The third-order valence-corrected chi connectivity index (χ3v) is 3.22. The minimum absolute atomic E-state index is 0.0895. The first-order chi connectivity index (χ1) is 7.70. The smallest absolute Gasteiger partial charge is 0.0664 e. The van der Waals surface area contributed by atoms with Crippen LogP contribution in [0.4, 0.5) is 0 Å². The van der Waals surface area contributed by atoms with E-state index in [2.05, 4.69) is 13.0 Å². The summed E-state index contributed by atoms with van der Waals surface area (Å²) >= 11 is 0. The maximum atomic E-state index is 9.41. The highest BCUT2D eigenvalue weighted by Crippen LogP contribution is 2.34. The Balaban J connectivity index is 4.56. The van der Waals surface area contributed by atoms with Crippen molar-refractivity contribution in [3.63, 3.8) is 0 Å². The third kappa shape index (κ3) is 4.09. The molecule has 0 aliphatic rings. The lowest BCUT2D eigenvalue weighted by Gasteiger charge is -2.34. The predicted molar refractivity (Wildman–Crippen MR) is 61.6 cm³/mol. The number of aliphatic hydroxyl groups is 3. The van der Waals surface area contributed by atoms with Gasteiger partial charge in [0.15, 0.2) is 0 Å². The lowest BCUT2D eigenvalue weighted by molar-refractivity contribution is 0.00573. The second-order valence-corrected chi connectivity index (χ2v) is 4.33. The van der Waals surface area contributed by atoms with Crippen molar-refractivity contribution >= 4 is 0 Å². The molecule has 0 aliphatic carbocycles. The Morgan fingerprint density at radius 3 is 2.19 bits per heavy atom. The average molecular weight is 229 g/mol. The molecule has 0 aromatic heterocycles. The van der Waals surface area contributed by atoms with Crippen molar-refractivity contribution in [1.82, 2.24) is 0 Å². The van der Waals surface area contributed by atoms with E-state index < -0.39 is 11.3 Å². The summed E-state index contributed by atoms with van der Waals surface area (Å²) < 4.78 is 0. The highest BCUT2D eigenvalue weighted by atomic mass is 16.3. The van der Waals surface area contributed by atoms with Crippen molar-refractivity contribution in [1.29, 1.82) is 5.26 Å². The van der Waals surface area contributed by atoms with Gasteiger partial charge in [0.05, 0.1) is 25.2 Å². The summed E-state index contributed by atoms with van der Waals surface area (Å²) in [7, 11) is 0. The largest absolute Gasteiger partial charge is 0.396 e. The molecule has 1 atom stereocenters. The van der Waals surface area contributed by atoms with Gasteiger partial charge in [-0.2, -0.15) is 5.26 Å². The summed E-state index contributed by atoms with van der Waals surface area (Å²) in [6.45, 7) is 1.58. The topological polar surface area (TPSA) is 84.5 Å². The zero-order chi connectivity index (χ0) is 12.4. The first-order valence-electron chi connectivity index (χ1n) is 5.93. The second kappa shape index (κ2) is 8.51. The molecule has 0 heterocycles. The fourth-order valence-electron chi connectivity index (χ4n) is 1.97. The van der Waals surface area contributed by atoms with Gasteiger partial charge in [-0.05, 0) is 12.8 Å². The fourth-order valence-corrected chi connectivity index (χ4v) is 1.97. The Bertz CT molecular complexity index is 209. The molecule has 0 amide bonds. The van der Waals surface area contributed by atoms with Crippen molar-refractivity contribution in [2.24, 2.45) is 11.3 Å². The molecular formula is C12H23NO3. The van der Waals surface area contributed by atoms with Crippen LogP contribution in [0.2, 0.25) is 0 Å². The standard InChI is InChI=1S/C12H23NO3/c1-2-3-4-6-12(9-15,10-16)11(8-13)5-7-14/h11,14-16H,2-7,9-10H2,1H3. The van der Waals surface area contributed by atoms with Crippen LogP contribution in [0.25, 0.3) is 0 Å². The highest BCUT2D eigenvalue weighted by molar-refractivity contribution is 4.97. The summed E-state index contributed by atoms with van der Waals surface area (Å²) in [5.41, 5.74) is -0.757. The summed E-state index contributed by atoms with van der Waals surface area (Å²) in [4.78, 5) is 0. The number of aliphatic hydroxyl groups excluding tert-OH is 3. The molecule has 4 heteroatoms. The normalized spacial score (nSPS) is 13.4. The molecule has 16 heavy (non-hydrogen) atoms. The summed E-state index contributed by atoms with van der Waals surface area (Å²) in [5, 5.41) is 36.7. The first-order valence-corrected chi connectivity index (χ1v) is 5.93. The molecule has 4 nitrogen and oxygen atoms in total. The minimum Gasteiger partial charge on any atom is -0.396 e. The molecular weight excluding hydrogens is 206 g/mol. The van der Waals surface area contributed by atoms with Gasteiger partial charge in [0.2, 0.25) is 0 Å². The molecule has 0 bridgehead atoms. The molecule has 3 N–H and O–H groups in total. The van der Waals surface area contributed by atoms with Crippen molar-refractivity contribution in [2.75, 3.05) is 19.8 Å². The van der Waals surface area contributed by atoms with Gasteiger partial charge in [-0.1, -0.05) is 26.2 Å². The van der Waals surface area contributed by atoms with Crippen molar-refractivity contribution in [3.8, 4) is 6.07 Å². The van der Waals surface area contributed by atoms with Gasteiger partial charge in [0.1, 0.15) is 0 Å². The first kappa shape index (κ1) is 15.4. The van der Waals surface area contributed by atoms with E-state index >= 15 is 0 Å². The van der Waals surface area contributed by atoms with Crippen molar-refractivity contribution in [2.45, 2.75) is 39.0 Å². The third-order valence-electron chi connectivity index (χ3n) is 3.22. The predicted octanol–water partition coefficient (Wildman–Crippen LogP) is 1.06. The van der Waals surface area contributed by atoms with Crippen molar-refractivity contribution in [3.05, 3.63) is 0 Å². The lowest BCUT2D eigenvalue weighted by atomic mass is 9.72. The molecule has 0 aromatic rings. The van der Waals surface area contributed by atoms with E-state index in [9.17, 15) is 10.2 Å². The Morgan fingerprint density at radius 2 is 1.81 bits per heavy atom. The van der Waals surface area contributed by atoms with Gasteiger partial charge < -0.3 is 15.3 Å². The molecule has 0 saturated carbocycles. The van der Waals surface area contributed by atoms with Crippen LogP contribution >= 0.6 is 0 Å². The van der Waals surface area contributed by atoms with Crippen LogP contribution < -0.4 is 0 Å². The Kier molecular flexibility index (Phi) is 8.18. The maximum Gasteiger partial charge on any atom is 0.0664 e. The van der Waals surface area contributed by atoms with Gasteiger partial charge in [-0.15, -0.1) is 0 Å². The number of nitrogens with zero attached hydrogens (tertiary/aromatic N) is 1. The van der Waals surface area contributed by atoms with Gasteiger partial charge in [0.25, 0.3) is 0 Å². The molecule has 94 valence electrons. The maximum absolute atomic E-state index is 9.41. The number of rotatable bonds is 9. The Hall–Kier alpha value is -0.630. The van der Waals surface area contributed by atoms with Crippen LogP contribution in [-0.2, 0) is 0 Å². The number of unbranched alkanes of at least 4 members (excludes halogenated alkanes) is 2. The van der Waals surface area contributed by atoms with E-state index in [0.717, 1.165) is 19.3 Å². The summed E-state index contributed by atoms with van der Waals surface area (Å²) in [5.74, 6) is -0.482. The molecule has 1 unspecified atom stereocenters. The van der Waals surface area contributed by atoms with Gasteiger partial charge in [0, 0.05) is 12.0 Å². The molecule has 0 rings (SSSR count). The Morgan fingerprint density at radius 1 is 1.19 bits per heavy atom. The van der Waals surface area contributed by atoms with Gasteiger partial charge in [-0.25, -0.2) is 0 Å². The van der Waals surface area contributed by atoms with Gasteiger partial charge in [-0.3, -0.25) is 0 Å². The van der Waals surface area contributed by atoms with Crippen LogP contribution in [0.15, 0.2) is 0 Å². The molecule has 0 spiro atoms. The average Bonchev–Trinajstić information content (AvgIpc) is 2.33. The van der Waals surface area contributed by atoms with Crippen molar-refractivity contribution < 1.29 is 15.3 Å². The van der Waals surface area contributed by atoms with Crippen LogP contribution in [0, 0.1) is 22.7 Å². The molecule has 0 aliphatic heterocycles. The van der Waals surface area contributed by atoms with Crippen LogP contribution in [0.3, 0.4) is 0 Å². The molecule has 0 fully saturated rings. The quantitative estimate of drug-likeness (QED) is 0.516. The SMILES string of the molecule is CCCCCC(CO)(CO)C(C#N)CCO. The minimum atomic E-state index is -0.757. The van der Waals surface area contributed by atoms with E-state index in [4.69, 9.17) is 10.4 Å². The van der Waals surface area contributed by atoms with E-state index in [-0.39, 0.29) is 19.8 Å². The van der Waals surface area contributed by atoms with Gasteiger partial charge >= 0.3 is 0 Å².